The van der Waals surface area contributed by atoms with Crippen LogP contribution >= 0.6 is 0 Å². The molecular formula is C15H21N3O3. The third-order valence-electron chi connectivity index (χ3n) is 3.65. The first kappa shape index (κ1) is 15.5. The Kier molecular flexibility index (Phi) is 5.30. The average molecular weight is 291 g/mol. The number of ether oxygens (including phenoxy) is 1. The first-order valence-corrected chi connectivity index (χ1v) is 6.99. The summed E-state index contributed by atoms with van der Waals surface area (Å²) < 4.78 is 5.33. The molecule has 0 radical (unpaired) electrons. The highest BCUT2D eigenvalue weighted by atomic mass is 16.5. The van der Waals surface area contributed by atoms with Gasteiger partial charge in [-0.15, -0.1) is 0 Å². The van der Waals surface area contributed by atoms with Crippen LogP contribution in [0, 0.1) is 5.92 Å². The molecule has 1 aromatic rings. The molecule has 0 saturated carbocycles. The third-order valence-corrected chi connectivity index (χ3v) is 3.65. The van der Waals surface area contributed by atoms with E-state index in [1.165, 1.54) is 0 Å². The summed E-state index contributed by atoms with van der Waals surface area (Å²) in [7, 11) is 3.44. The van der Waals surface area contributed by atoms with Crippen molar-refractivity contribution in [2.75, 3.05) is 32.6 Å². The number of likely N-dealkylation sites (N-methyl/N-ethyl adjacent to an activating group) is 2. The van der Waals surface area contributed by atoms with Crippen LogP contribution in [0.2, 0.25) is 0 Å². The molecule has 6 nitrogen and oxygen atoms in total. The van der Waals surface area contributed by atoms with Crippen LogP contribution in [0.3, 0.4) is 0 Å². The highest BCUT2D eigenvalue weighted by Crippen LogP contribution is 2.17. The number of hydrogen-bond donors (Lipinski definition) is 3. The molecule has 2 atom stereocenters. The Hall–Kier alpha value is -1.92. The van der Waals surface area contributed by atoms with Crippen LogP contribution in [0.25, 0.3) is 0 Å². The third kappa shape index (κ3) is 4.03. The van der Waals surface area contributed by atoms with Crippen molar-refractivity contribution in [3.63, 3.8) is 0 Å². The molecule has 0 spiro atoms. The van der Waals surface area contributed by atoms with E-state index in [1.807, 2.05) is 19.2 Å². The zero-order valence-corrected chi connectivity index (χ0v) is 12.3. The first-order chi connectivity index (χ1) is 10.1. The number of carbonyl (C=O) groups is 2. The highest BCUT2D eigenvalue weighted by molar-refractivity contribution is 5.93. The van der Waals surface area contributed by atoms with Crippen molar-refractivity contribution in [2.24, 2.45) is 5.92 Å². The molecule has 2 amide bonds. The lowest BCUT2D eigenvalue weighted by Gasteiger charge is -2.16. The van der Waals surface area contributed by atoms with Crippen LogP contribution in [0.5, 0.6) is 0 Å². The summed E-state index contributed by atoms with van der Waals surface area (Å²) in [5.74, 6) is -0.266. The molecule has 2 unspecified atom stereocenters. The lowest BCUT2D eigenvalue weighted by atomic mass is 10.0. The summed E-state index contributed by atoms with van der Waals surface area (Å²) >= 11 is 0. The number of hydrogen-bond acceptors (Lipinski definition) is 4. The van der Waals surface area contributed by atoms with Crippen LogP contribution < -0.4 is 16.0 Å². The molecule has 2 rings (SSSR count). The van der Waals surface area contributed by atoms with Crippen molar-refractivity contribution in [3.8, 4) is 0 Å². The topological polar surface area (TPSA) is 79.5 Å². The first-order valence-electron chi connectivity index (χ1n) is 6.99. The molecular weight excluding hydrogens is 270 g/mol. The van der Waals surface area contributed by atoms with Gasteiger partial charge in [0, 0.05) is 18.8 Å². The summed E-state index contributed by atoms with van der Waals surface area (Å²) in [6.07, 6.45) is 0.336. The molecule has 0 aromatic heterocycles. The van der Waals surface area contributed by atoms with Crippen molar-refractivity contribution in [2.45, 2.75) is 12.5 Å². The van der Waals surface area contributed by atoms with E-state index >= 15 is 0 Å². The van der Waals surface area contributed by atoms with Gasteiger partial charge in [-0.3, -0.25) is 9.59 Å². The molecule has 1 aliphatic heterocycles. The second kappa shape index (κ2) is 7.19. The molecule has 114 valence electrons. The minimum absolute atomic E-state index is 0.0354. The van der Waals surface area contributed by atoms with Gasteiger partial charge in [-0.1, -0.05) is 12.1 Å². The number of carbonyl (C=O) groups excluding carboxylic acids is 2. The average Bonchev–Trinajstić information content (AvgIpc) is 2.97. The minimum Gasteiger partial charge on any atom is -0.379 e. The van der Waals surface area contributed by atoms with Crippen LogP contribution in [-0.2, 0) is 20.7 Å². The summed E-state index contributed by atoms with van der Waals surface area (Å²) in [5, 5.41) is 8.55. The van der Waals surface area contributed by atoms with Gasteiger partial charge < -0.3 is 20.7 Å². The van der Waals surface area contributed by atoms with Gasteiger partial charge in [-0.05, 0) is 24.7 Å². The Morgan fingerprint density at radius 3 is 2.52 bits per heavy atom. The van der Waals surface area contributed by atoms with Crippen molar-refractivity contribution in [3.05, 3.63) is 29.8 Å². The van der Waals surface area contributed by atoms with Crippen LogP contribution in [-0.4, -0.2) is 45.2 Å². The van der Waals surface area contributed by atoms with Crippen LogP contribution in [0.4, 0.5) is 5.69 Å². The summed E-state index contributed by atoms with van der Waals surface area (Å²) in [6.45, 7) is 0.992. The maximum absolute atomic E-state index is 12.2. The molecule has 1 aromatic carbocycles. The zero-order valence-electron chi connectivity index (χ0n) is 12.3. The summed E-state index contributed by atoms with van der Waals surface area (Å²) in [6, 6.07) is 7.34. The molecule has 3 N–H and O–H groups in total. The molecule has 0 aliphatic carbocycles. The lowest BCUT2D eigenvalue weighted by molar-refractivity contribution is -0.121. The van der Waals surface area contributed by atoms with Crippen molar-refractivity contribution < 1.29 is 14.3 Å². The monoisotopic (exact) mass is 291 g/mol. The molecule has 6 heteroatoms. The second-order valence-electron chi connectivity index (χ2n) is 5.08. The van der Waals surface area contributed by atoms with Gasteiger partial charge in [-0.2, -0.15) is 0 Å². The molecule has 1 fully saturated rings. The predicted octanol–water partition coefficient (Wildman–Crippen LogP) is 0.148. The maximum atomic E-state index is 12.2. The van der Waals surface area contributed by atoms with E-state index in [0.717, 1.165) is 11.3 Å². The van der Waals surface area contributed by atoms with Gasteiger partial charge >= 0.3 is 0 Å². The van der Waals surface area contributed by atoms with Gasteiger partial charge in [-0.25, -0.2) is 0 Å². The van der Waals surface area contributed by atoms with Gasteiger partial charge in [0.15, 0.2) is 0 Å². The highest BCUT2D eigenvalue weighted by Gasteiger charge is 2.32. The summed E-state index contributed by atoms with van der Waals surface area (Å²) in [5.41, 5.74) is 1.63. The van der Waals surface area contributed by atoms with E-state index in [1.54, 1.807) is 19.2 Å². The Balaban J connectivity index is 1.93. The predicted molar refractivity (Wildman–Crippen MR) is 80.0 cm³/mol. The molecule has 1 aliphatic rings. The van der Waals surface area contributed by atoms with Gasteiger partial charge in [0.05, 0.1) is 25.6 Å². The normalized spacial score (nSPS) is 21.0. The fourth-order valence-corrected chi connectivity index (χ4v) is 2.31. The van der Waals surface area contributed by atoms with Gasteiger partial charge in [0.25, 0.3) is 0 Å². The fraction of sp³-hybridized carbons (Fsp3) is 0.467. The maximum Gasteiger partial charge on any atom is 0.231 e. The van der Waals surface area contributed by atoms with Crippen LogP contribution in [0.15, 0.2) is 24.3 Å². The van der Waals surface area contributed by atoms with Crippen molar-refractivity contribution in [1.82, 2.24) is 10.6 Å². The Labute approximate surface area is 124 Å². The fourth-order valence-electron chi connectivity index (χ4n) is 2.31. The standard InChI is InChI=1S/C15H21N3O3/c1-16-13-9-21-8-12(13)15(20)18-11-5-3-10(4-6-11)7-14(19)17-2/h3-6,12-13,16H,7-9H2,1-2H3,(H,17,19)(H,18,20). The number of amides is 2. The van der Waals surface area contributed by atoms with Crippen molar-refractivity contribution >= 4 is 17.5 Å². The lowest BCUT2D eigenvalue weighted by Crippen LogP contribution is -2.39. The van der Waals surface area contributed by atoms with Crippen molar-refractivity contribution in [1.29, 1.82) is 0 Å². The smallest absolute Gasteiger partial charge is 0.231 e. The van der Waals surface area contributed by atoms with Crippen LogP contribution in [0.1, 0.15) is 5.56 Å². The van der Waals surface area contributed by atoms with E-state index in [4.69, 9.17) is 4.74 Å². The van der Waals surface area contributed by atoms with E-state index in [0.29, 0.717) is 19.6 Å². The summed E-state index contributed by atoms with van der Waals surface area (Å²) in [4.78, 5) is 23.5. The second-order valence-corrected chi connectivity index (χ2v) is 5.08. The number of rotatable bonds is 5. The molecule has 21 heavy (non-hydrogen) atoms. The Bertz CT molecular complexity index is 501. The number of nitrogens with one attached hydrogen (secondary N) is 3. The van der Waals surface area contributed by atoms with E-state index in [9.17, 15) is 9.59 Å². The Morgan fingerprint density at radius 2 is 1.90 bits per heavy atom. The van der Waals surface area contributed by atoms with Gasteiger partial charge in [0.1, 0.15) is 0 Å². The molecule has 1 saturated heterocycles. The SMILES string of the molecule is CNC(=O)Cc1ccc(NC(=O)C2COCC2NC)cc1. The molecule has 0 bridgehead atoms. The van der Waals surface area contributed by atoms with E-state index < -0.39 is 0 Å². The Morgan fingerprint density at radius 1 is 1.19 bits per heavy atom. The zero-order chi connectivity index (χ0) is 15.2. The largest absolute Gasteiger partial charge is 0.379 e. The number of anilines is 1. The number of benzene rings is 1. The minimum atomic E-state index is -0.180. The molecule has 1 heterocycles. The van der Waals surface area contributed by atoms with E-state index in [2.05, 4.69) is 16.0 Å². The quantitative estimate of drug-likeness (QED) is 0.721. The van der Waals surface area contributed by atoms with E-state index in [-0.39, 0.29) is 23.8 Å². The van der Waals surface area contributed by atoms with Gasteiger partial charge in [0.2, 0.25) is 11.8 Å².